The normalized spacial score (nSPS) is 12.4. The molecule has 0 aliphatic heterocycles. The molecule has 0 bridgehead atoms. The topological polar surface area (TPSA) is 66.8 Å². The maximum atomic E-state index is 13.5. The first-order chi connectivity index (χ1) is 16.4. The summed E-state index contributed by atoms with van der Waals surface area (Å²) in [7, 11) is 3.58. The Morgan fingerprint density at radius 3 is 2.29 bits per heavy atom. The summed E-state index contributed by atoms with van der Waals surface area (Å²) >= 11 is 0. The summed E-state index contributed by atoms with van der Waals surface area (Å²) in [5, 5.41) is 3.40. The van der Waals surface area contributed by atoms with Gasteiger partial charge in [0.15, 0.2) is 0 Å². The number of halogens is 6. The van der Waals surface area contributed by atoms with Gasteiger partial charge in [0.05, 0.1) is 35.2 Å². The van der Waals surface area contributed by atoms with E-state index in [1.54, 1.807) is 25.1 Å². The highest BCUT2D eigenvalue weighted by molar-refractivity contribution is 5.93. The molecule has 0 amide bonds. The molecule has 12 heteroatoms. The van der Waals surface area contributed by atoms with Gasteiger partial charge in [0.1, 0.15) is 17.3 Å². The van der Waals surface area contributed by atoms with Gasteiger partial charge in [0, 0.05) is 17.1 Å². The van der Waals surface area contributed by atoms with Crippen molar-refractivity contribution in [2.24, 2.45) is 0 Å². The second-order valence-corrected chi connectivity index (χ2v) is 7.91. The van der Waals surface area contributed by atoms with E-state index in [1.165, 1.54) is 30.5 Å². The third-order valence-corrected chi connectivity index (χ3v) is 4.90. The van der Waals surface area contributed by atoms with E-state index in [9.17, 15) is 26.3 Å². The van der Waals surface area contributed by atoms with Crippen molar-refractivity contribution in [1.82, 2.24) is 24.8 Å². The highest BCUT2D eigenvalue weighted by Crippen LogP contribution is 2.37. The molecule has 0 saturated carbocycles. The minimum Gasteiger partial charge on any atom is -0.338 e. The smallest absolute Gasteiger partial charge is 0.338 e. The fourth-order valence-corrected chi connectivity index (χ4v) is 3.41. The molecule has 35 heavy (non-hydrogen) atoms. The highest BCUT2D eigenvalue weighted by Gasteiger charge is 2.34. The van der Waals surface area contributed by atoms with Gasteiger partial charge in [0.2, 0.25) is 0 Å². The first kappa shape index (κ1) is 24.3. The molecule has 0 atom stereocenters. The maximum Gasteiger partial charge on any atom is 0.433 e. The number of rotatable bonds is 5. The standard InChI is InChI=1S/C23H18F6N6/c1-35(2)12-19-33-17-10-13(20-16(22(24,25)26)4-3-9-30-20)5-7-15(17)21(34-19)32-14-6-8-18(31-11-14)23(27,28)29/h3-11H,12H2,1-2H3,(H,32,33,34). The Bertz CT molecular complexity index is 1350. The average molecular weight is 492 g/mol. The monoisotopic (exact) mass is 492 g/mol. The van der Waals surface area contributed by atoms with Gasteiger partial charge < -0.3 is 10.2 Å². The van der Waals surface area contributed by atoms with Crippen LogP contribution in [0.25, 0.3) is 22.2 Å². The van der Waals surface area contributed by atoms with Gasteiger partial charge in [-0.1, -0.05) is 6.07 Å². The molecule has 4 aromatic rings. The van der Waals surface area contributed by atoms with Crippen molar-refractivity contribution in [3.63, 3.8) is 0 Å². The molecule has 1 N–H and O–H groups in total. The summed E-state index contributed by atoms with van der Waals surface area (Å²) in [5.74, 6) is 0.635. The largest absolute Gasteiger partial charge is 0.433 e. The Kier molecular flexibility index (Phi) is 6.32. The lowest BCUT2D eigenvalue weighted by molar-refractivity contribution is -0.141. The van der Waals surface area contributed by atoms with Crippen molar-refractivity contribution in [1.29, 1.82) is 0 Å². The number of anilines is 2. The van der Waals surface area contributed by atoms with Crippen LogP contribution in [-0.4, -0.2) is 38.9 Å². The number of benzene rings is 1. The van der Waals surface area contributed by atoms with Crippen LogP contribution in [0, 0.1) is 0 Å². The van der Waals surface area contributed by atoms with Gasteiger partial charge >= 0.3 is 12.4 Å². The van der Waals surface area contributed by atoms with Crippen molar-refractivity contribution < 1.29 is 26.3 Å². The van der Waals surface area contributed by atoms with Gasteiger partial charge in [-0.25, -0.2) is 15.0 Å². The van der Waals surface area contributed by atoms with Gasteiger partial charge in [-0.15, -0.1) is 0 Å². The number of hydrogen-bond acceptors (Lipinski definition) is 6. The van der Waals surface area contributed by atoms with Crippen molar-refractivity contribution in [2.75, 3.05) is 19.4 Å². The Labute approximate surface area is 195 Å². The van der Waals surface area contributed by atoms with Crippen LogP contribution in [0.15, 0.2) is 54.9 Å². The first-order valence-corrected chi connectivity index (χ1v) is 10.2. The van der Waals surface area contributed by atoms with Crippen LogP contribution in [0.1, 0.15) is 17.1 Å². The van der Waals surface area contributed by atoms with Crippen LogP contribution in [-0.2, 0) is 18.9 Å². The van der Waals surface area contributed by atoms with Crippen LogP contribution < -0.4 is 5.32 Å². The van der Waals surface area contributed by atoms with Crippen molar-refractivity contribution in [3.05, 3.63) is 71.9 Å². The van der Waals surface area contributed by atoms with Crippen LogP contribution in [0.2, 0.25) is 0 Å². The molecule has 3 aromatic heterocycles. The molecular formula is C23H18F6N6. The summed E-state index contributed by atoms with van der Waals surface area (Å²) in [6, 6.07) is 8.70. The van der Waals surface area contributed by atoms with E-state index >= 15 is 0 Å². The summed E-state index contributed by atoms with van der Waals surface area (Å²) in [6.07, 6.45) is -6.87. The molecule has 0 fully saturated rings. The lowest BCUT2D eigenvalue weighted by Gasteiger charge is -2.15. The lowest BCUT2D eigenvalue weighted by atomic mass is 10.0. The van der Waals surface area contributed by atoms with Gasteiger partial charge in [-0.2, -0.15) is 26.3 Å². The number of nitrogens with zero attached hydrogens (tertiary/aromatic N) is 5. The summed E-state index contributed by atoms with van der Waals surface area (Å²) < 4.78 is 79.0. The van der Waals surface area contributed by atoms with E-state index in [0.29, 0.717) is 23.3 Å². The van der Waals surface area contributed by atoms with E-state index in [0.717, 1.165) is 18.3 Å². The van der Waals surface area contributed by atoms with Crippen molar-refractivity contribution in [3.8, 4) is 11.3 Å². The minimum atomic E-state index is -4.59. The predicted octanol–water partition coefficient (Wildman–Crippen LogP) is 5.93. The second kappa shape index (κ2) is 9.10. The number of pyridine rings is 2. The Morgan fingerprint density at radius 2 is 1.66 bits per heavy atom. The third kappa shape index (κ3) is 5.48. The highest BCUT2D eigenvalue weighted by atomic mass is 19.4. The van der Waals surface area contributed by atoms with Gasteiger partial charge in [0.25, 0.3) is 0 Å². The fraction of sp³-hybridized carbons (Fsp3) is 0.217. The number of alkyl halides is 6. The molecule has 0 aliphatic rings. The second-order valence-electron chi connectivity index (χ2n) is 7.91. The molecule has 182 valence electrons. The Balaban J connectivity index is 1.80. The van der Waals surface area contributed by atoms with E-state index in [1.807, 2.05) is 0 Å². The summed E-state index contributed by atoms with van der Waals surface area (Å²) in [5.41, 5.74) is -1.35. The summed E-state index contributed by atoms with van der Waals surface area (Å²) in [4.78, 5) is 18.1. The van der Waals surface area contributed by atoms with Crippen LogP contribution >= 0.6 is 0 Å². The van der Waals surface area contributed by atoms with Crippen molar-refractivity contribution in [2.45, 2.75) is 18.9 Å². The minimum absolute atomic E-state index is 0.210. The Morgan fingerprint density at radius 1 is 0.886 bits per heavy atom. The molecule has 0 radical (unpaired) electrons. The van der Waals surface area contributed by atoms with Gasteiger partial charge in [-0.05, 0) is 50.5 Å². The number of nitrogens with one attached hydrogen (secondary N) is 1. The molecule has 1 aromatic carbocycles. The quantitative estimate of drug-likeness (QED) is 0.349. The first-order valence-electron chi connectivity index (χ1n) is 10.2. The maximum absolute atomic E-state index is 13.5. The molecule has 0 spiro atoms. The average Bonchev–Trinajstić information content (AvgIpc) is 2.77. The summed E-state index contributed by atoms with van der Waals surface area (Å²) in [6.45, 7) is 0.317. The number of hydrogen-bond donors (Lipinski definition) is 1. The molecule has 0 aliphatic carbocycles. The zero-order chi connectivity index (χ0) is 25.4. The van der Waals surface area contributed by atoms with E-state index < -0.39 is 23.6 Å². The molecule has 4 rings (SSSR count). The van der Waals surface area contributed by atoms with E-state index in [2.05, 4.69) is 25.3 Å². The Hall–Kier alpha value is -3.80. The van der Waals surface area contributed by atoms with Gasteiger partial charge in [-0.3, -0.25) is 4.98 Å². The van der Waals surface area contributed by atoms with Crippen LogP contribution in [0.5, 0.6) is 0 Å². The molecule has 3 heterocycles. The number of fused-ring (bicyclic) bond motifs is 1. The zero-order valence-corrected chi connectivity index (χ0v) is 18.4. The SMILES string of the molecule is CN(C)Cc1nc(Nc2ccc(C(F)(F)F)nc2)c2ccc(-c3ncccc3C(F)(F)F)cc2n1. The third-order valence-electron chi connectivity index (χ3n) is 4.90. The van der Waals surface area contributed by atoms with Crippen molar-refractivity contribution >= 4 is 22.4 Å². The molecular weight excluding hydrogens is 474 g/mol. The van der Waals surface area contributed by atoms with E-state index in [-0.39, 0.29) is 22.8 Å². The van der Waals surface area contributed by atoms with Crippen LogP contribution in [0.4, 0.5) is 37.8 Å². The zero-order valence-electron chi connectivity index (χ0n) is 18.4. The molecule has 0 unspecified atom stereocenters. The molecule has 0 saturated heterocycles. The fourth-order valence-electron chi connectivity index (χ4n) is 3.41. The predicted molar refractivity (Wildman–Crippen MR) is 118 cm³/mol. The lowest BCUT2D eigenvalue weighted by Crippen LogP contribution is -2.14. The van der Waals surface area contributed by atoms with Crippen LogP contribution in [0.3, 0.4) is 0 Å². The molecule has 6 nitrogen and oxygen atoms in total. The number of aromatic nitrogens is 4. The van der Waals surface area contributed by atoms with E-state index in [4.69, 9.17) is 0 Å².